The third-order valence-corrected chi connectivity index (χ3v) is 3.26. The van der Waals surface area contributed by atoms with Crippen LogP contribution in [0.2, 0.25) is 0 Å². The van der Waals surface area contributed by atoms with E-state index in [1.165, 1.54) is 4.90 Å². The monoisotopic (exact) mass is 269 g/mol. The highest BCUT2D eigenvalue weighted by Gasteiger charge is 2.33. The lowest BCUT2D eigenvalue weighted by Crippen LogP contribution is -2.57. The maximum Gasteiger partial charge on any atom is 0.320 e. The van der Waals surface area contributed by atoms with Crippen LogP contribution in [0.5, 0.6) is 0 Å². The molecule has 2 saturated heterocycles. The molecule has 0 aliphatic carbocycles. The van der Waals surface area contributed by atoms with Crippen LogP contribution in [0.15, 0.2) is 0 Å². The largest absolute Gasteiger partial charge is 0.481 e. The summed E-state index contributed by atoms with van der Waals surface area (Å²) in [5.41, 5.74) is 0. The molecule has 0 saturated carbocycles. The number of amides is 4. The van der Waals surface area contributed by atoms with Crippen LogP contribution in [0, 0.1) is 5.92 Å². The highest BCUT2D eigenvalue weighted by atomic mass is 16.4. The van der Waals surface area contributed by atoms with Crippen LogP contribution in [0.3, 0.4) is 0 Å². The van der Waals surface area contributed by atoms with E-state index in [0.717, 1.165) is 4.90 Å². The topological polar surface area (TPSA) is 107 Å². The summed E-state index contributed by atoms with van der Waals surface area (Å²) >= 11 is 0. The standard InChI is InChI=1S/C11H15N3O5/c15-8-5-14(6-9(16)12-8)11(19)13-3-1-2-7(4-13)10(17)18/h7H,1-6H2,(H,17,18)(H,12,15,16). The molecule has 0 aromatic carbocycles. The zero-order valence-corrected chi connectivity index (χ0v) is 10.3. The van der Waals surface area contributed by atoms with E-state index in [2.05, 4.69) is 5.32 Å². The Kier molecular flexibility index (Phi) is 3.68. The van der Waals surface area contributed by atoms with Crippen LogP contribution in [0.1, 0.15) is 12.8 Å². The Labute approximate surface area is 109 Å². The average molecular weight is 269 g/mol. The lowest BCUT2D eigenvalue weighted by Gasteiger charge is -2.35. The Bertz CT molecular complexity index is 420. The predicted octanol–water partition coefficient (Wildman–Crippen LogP) is -1.14. The average Bonchev–Trinajstić information content (AvgIpc) is 2.37. The third-order valence-electron chi connectivity index (χ3n) is 3.26. The maximum atomic E-state index is 12.1. The van der Waals surface area contributed by atoms with E-state index in [0.29, 0.717) is 19.4 Å². The van der Waals surface area contributed by atoms with Gasteiger partial charge in [0.15, 0.2) is 0 Å². The van der Waals surface area contributed by atoms with Crippen LogP contribution in [-0.4, -0.2) is 64.9 Å². The maximum absolute atomic E-state index is 12.1. The van der Waals surface area contributed by atoms with Crippen molar-refractivity contribution in [3.05, 3.63) is 0 Å². The van der Waals surface area contributed by atoms with Gasteiger partial charge in [-0.05, 0) is 12.8 Å². The first kappa shape index (κ1) is 13.3. The van der Waals surface area contributed by atoms with E-state index in [-0.39, 0.29) is 19.6 Å². The van der Waals surface area contributed by atoms with Gasteiger partial charge in [-0.3, -0.25) is 19.7 Å². The highest BCUT2D eigenvalue weighted by Crippen LogP contribution is 2.18. The lowest BCUT2D eigenvalue weighted by molar-refractivity contribution is -0.143. The number of nitrogens with one attached hydrogen (secondary N) is 1. The van der Waals surface area contributed by atoms with Crippen molar-refractivity contribution < 1.29 is 24.3 Å². The third kappa shape index (κ3) is 3.01. The van der Waals surface area contributed by atoms with Gasteiger partial charge in [0.2, 0.25) is 11.8 Å². The first-order chi connectivity index (χ1) is 8.97. The van der Waals surface area contributed by atoms with E-state index in [1.54, 1.807) is 0 Å². The number of nitrogens with zero attached hydrogens (tertiary/aromatic N) is 2. The zero-order chi connectivity index (χ0) is 14.0. The summed E-state index contributed by atoms with van der Waals surface area (Å²) in [5.74, 6) is -2.54. The van der Waals surface area contributed by atoms with Gasteiger partial charge in [-0.15, -0.1) is 0 Å². The van der Waals surface area contributed by atoms with Crippen molar-refractivity contribution in [1.29, 1.82) is 0 Å². The van der Waals surface area contributed by atoms with E-state index in [1.807, 2.05) is 0 Å². The van der Waals surface area contributed by atoms with E-state index in [9.17, 15) is 19.2 Å². The number of hydrogen-bond acceptors (Lipinski definition) is 4. The van der Waals surface area contributed by atoms with Crippen molar-refractivity contribution in [3.8, 4) is 0 Å². The summed E-state index contributed by atoms with van der Waals surface area (Å²) in [6, 6.07) is -0.450. The van der Waals surface area contributed by atoms with Gasteiger partial charge in [-0.1, -0.05) is 0 Å². The quantitative estimate of drug-likeness (QED) is 0.585. The van der Waals surface area contributed by atoms with Gasteiger partial charge < -0.3 is 14.9 Å². The number of likely N-dealkylation sites (tertiary alicyclic amines) is 1. The summed E-state index contributed by atoms with van der Waals surface area (Å²) in [7, 11) is 0. The number of carbonyl (C=O) groups is 4. The second-order valence-corrected chi connectivity index (χ2v) is 4.73. The number of imide groups is 1. The molecule has 104 valence electrons. The Morgan fingerprint density at radius 2 is 1.79 bits per heavy atom. The molecule has 2 aliphatic heterocycles. The van der Waals surface area contributed by atoms with E-state index in [4.69, 9.17) is 5.11 Å². The minimum atomic E-state index is -0.926. The van der Waals surface area contributed by atoms with E-state index >= 15 is 0 Å². The molecular formula is C11H15N3O5. The van der Waals surface area contributed by atoms with Crippen LogP contribution in [-0.2, 0) is 14.4 Å². The zero-order valence-electron chi connectivity index (χ0n) is 10.3. The van der Waals surface area contributed by atoms with Crippen LogP contribution < -0.4 is 5.32 Å². The molecule has 2 rings (SSSR count). The molecule has 2 fully saturated rings. The van der Waals surface area contributed by atoms with Crippen LogP contribution in [0.25, 0.3) is 0 Å². The van der Waals surface area contributed by atoms with Gasteiger partial charge in [0, 0.05) is 13.1 Å². The number of hydrogen-bond donors (Lipinski definition) is 2. The normalized spacial score (nSPS) is 24.1. The number of aliphatic carboxylic acids is 1. The molecule has 0 bridgehead atoms. The Morgan fingerprint density at radius 1 is 1.16 bits per heavy atom. The molecule has 19 heavy (non-hydrogen) atoms. The van der Waals surface area contributed by atoms with Crippen molar-refractivity contribution in [2.75, 3.05) is 26.2 Å². The number of carboxylic acid groups (broad SMARTS) is 1. The van der Waals surface area contributed by atoms with Crippen molar-refractivity contribution >= 4 is 23.8 Å². The summed E-state index contributed by atoms with van der Waals surface area (Å²) in [6.45, 7) is 0.243. The molecule has 2 N–H and O–H groups in total. The molecule has 4 amide bonds. The number of piperazine rings is 1. The Hall–Kier alpha value is -2.12. The first-order valence-electron chi connectivity index (χ1n) is 6.06. The number of carbonyl (C=O) groups excluding carboxylic acids is 3. The molecule has 0 radical (unpaired) electrons. The van der Waals surface area contributed by atoms with Crippen LogP contribution in [0.4, 0.5) is 4.79 Å². The summed E-state index contributed by atoms with van der Waals surface area (Å²) in [6.07, 6.45) is 1.15. The Morgan fingerprint density at radius 3 is 2.37 bits per heavy atom. The number of rotatable bonds is 1. The summed E-state index contributed by atoms with van der Waals surface area (Å²) < 4.78 is 0. The van der Waals surface area contributed by atoms with Gasteiger partial charge in [-0.2, -0.15) is 0 Å². The second-order valence-electron chi connectivity index (χ2n) is 4.73. The van der Waals surface area contributed by atoms with Gasteiger partial charge in [-0.25, -0.2) is 4.79 Å². The molecule has 2 heterocycles. The number of urea groups is 1. The molecule has 1 atom stereocenters. The van der Waals surface area contributed by atoms with Gasteiger partial charge in [0.05, 0.1) is 5.92 Å². The predicted molar refractivity (Wildman–Crippen MR) is 62.1 cm³/mol. The van der Waals surface area contributed by atoms with Crippen molar-refractivity contribution in [2.45, 2.75) is 12.8 Å². The molecule has 0 aromatic heterocycles. The lowest BCUT2D eigenvalue weighted by atomic mass is 9.98. The van der Waals surface area contributed by atoms with Crippen molar-refractivity contribution in [3.63, 3.8) is 0 Å². The highest BCUT2D eigenvalue weighted by molar-refractivity contribution is 6.02. The Balaban J connectivity index is 2.00. The van der Waals surface area contributed by atoms with Crippen molar-refractivity contribution in [1.82, 2.24) is 15.1 Å². The summed E-state index contributed by atoms with van der Waals surface area (Å²) in [4.78, 5) is 48.0. The van der Waals surface area contributed by atoms with Crippen LogP contribution >= 0.6 is 0 Å². The number of piperidine rings is 1. The van der Waals surface area contributed by atoms with Crippen molar-refractivity contribution in [2.24, 2.45) is 5.92 Å². The number of carboxylic acids is 1. The molecule has 8 heteroatoms. The SMILES string of the molecule is O=C1CN(C(=O)N2CCCC(C(=O)O)C2)CC(=O)N1. The van der Waals surface area contributed by atoms with E-state index < -0.39 is 29.7 Å². The van der Waals surface area contributed by atoms with Gasteiger partial charge in [0.1, 0.15) is 13.1 Å². The molecule has 0 aromatic rings. The smallest absolute Gasteiger partial charge is 0.320 e. The minimum absolute atomic E-state index is 0.125. The second kappa shape index (κ2) is 5.25. The fraction of sp³-hybridized carbons (Fsp3) is 0.636. The molecular weight excluding hydrogens is 254 g/mol. The first-order valence-corrected chi connectivity index (χ1v) is 6.06. The summed E-state index contributed by atoms with van der Waals surface area (Å²) in [5, 5.41) is 11.1. The van der Waals surface area contributed by atoms with Gasteiger partial charge in [0.25, 0.3) is 0 Å². The fourth-order valence-corrected chi connectivity index (χ4v) is 2.32. The molecule has 8 nitrogen and oxygen atoms in total. The molecule has 2 aliphatic rings. The fourth-order valence-electron chi connectivity index (χ4n) is 2.32. The molecule has 1 unspecified atom stereocenters. The van der Waals surface area contributed by atoms with Gasteiger partial charge >= 0.3 is 12.0 Å². The minimum Gasteiger partial charge on any atom is -0.481 e. The molecule has 0 spiro atoms.